The molecule has 0 aromatic carbocycles. The van der Waals surface area contributed by atoms with Crippen LogP contribution in [-0.4, -0.2) is 11.5 Å². The molecular formula is C12H23ClO2. The molecule has 2 atom stereocenters. The second-order valence-corrected chi connectivity index (χ2v) is 5.14. The molecule has 0 rings (SSSR count). The second-order valence-electron chi connectivity index (χ2n) is 4.83. The highest BCUT2D eigenvalue weighted by Crippen LogP contribution is 2.18. The summed E-state index contributed by atoms with van der Waals surface area (Å²) in [5.74, 6) is 1.52. The lowest BCUT2D eigenvalue weighted by Gasteiger charge is -2.15. The minimum absolute atomic E-state index is 0.0544. The summed E-state index contributed by atoms with van der Waals surface area (Å²) in [6.07, 6.45) is 4.41. The summed E-state index contributed by atoms with van der Waals surface area (Å²) >= 11 is 5.12. The third kappa shape index (κ3) is 10.1. The topological polar surface area (TPSA) is 26.3 Å². The van der Waals surface area contributed by atoms with Gasteiger partial charge in [-0.2, -0.15) is 0 Å². The Balaban J connectivity index is 3.48. The Hall–Kier alpha value is -0.240. The van der Waals surface area contributed by atoms with Crippen molar-refractivity contribution in [2.45, 2.75) is 59.5 Å². The molecule has 0 saturated heterocycles. The highest BCUT2D eigenvalue weighted by molar-refractivity contribution is 6.61. The maximum atomic E-state index is 10.4. The SMILES string of the molecule is CC(C)CC(C)CCCC(C)OC(=O)Cl. The molecule has 0 amide bonds. The Morgan fingerprint density at radius 3 is 2.27 bits per heavy atom. The standard InChI is InChI=1S/C12H23ClO2/c1-9(2)8-10(3)6-5-7-11(4)15-12(13)14/h9-11H,5-8H2,1-4H3. The molecule has 0 radical (unpaired) electrons. The average molecular weight is 235 g/mol. The largest absolute Gasteiger partial charge is 0.451 e. The molecule has 0 heterocycles. The van der Waals surface area contributed by atoms with Gasteiger partial charge in [0.25, 0.3) is 0 Å². The first kappa shape index (κ1) is 14.8. The predicted molar refractivity (Wildman–Crippen MR) is 64.3 cm³/mol. The Morgan fingerprint density at radius 2 is 1.80 bits per heavy atom. The van der Waals surface area contributed by atoms with E-state index in [1.807, 2.05) is 6.92 Å². The van der Waals surface area contributed by atoms with Crippen molar-refractivity contribution in [2.75, 3.05) is 0 Å². The Morgan fingerprint density at radius 1 is 1.20 bits per heavy atom. The van der Waals surface area contributed by atoms with E-state index in [0.717, 1.165) is 24.7 Å². The van der Waals surface area contributed by atoms with Crippen molar-refractivity contribution in [3.05, 3.63) is 0 Å². The van der Waals surface area contributed by atoms with Crippen molar-refractivity contribution in [3.63, 3.8) is 0 Å². The highest BCUT2D eigenvalue weighted by Gasteiger charge is 2.09. The van der Waals surface area contributed by atoms with E-state index in [1.54, 1.807) is 0 Å². The summed E-state index contributed by atoms with van der Waals surface area (Å²) in [6.45, 7) is 8.65. The lowest BCUT2D eigenvalue weighted by Crippen LogP contribution is -2.10. The maximum Gasteiger partial charge on any atom is 0.404 e. The first-order chi connectivity index (χ1) is 6.91. The number of carbonyl (C=O) groups is 1. The van der Waals surface area contributed by atoms with E-state index in [4.69, 9.17) is 16.3 Å². The summed E-state index contributed by atoms with van der Waals surface area (Å²) in [7, 11) is 0. The molecule has 2 unspecified atom stereocenters. The monoisotopic (exact) mass is 234 g/mol. The van der Waals surface area contributed by atoms with E-state index in [9.17, 15) is 4.79 Å². The van der Waals surface area contributed by atoms with E-state index < -0.39 is 5.43 Å². The van der Waals surface area contributed by atoms with Crippen molar-refractivity contribution in [2.24, 2.45) is 11.8 Å². The van der Waals surface area contributed by atoms with E-state index in [1.165, 1.54) is 12.8 Å². The van der Waals surface area contributed by atoms with Crippen molar-refractivity contribution >= 4 is 17.0 Å². The van der Waals surface area contributed by atoms with Gasteiger partial charge in [-0.05, 0) is 38.0 Å². The molecule has 0 aliphatic heterocycles. The zero-order chi connectivity index (χ0) is 11.8. The first-order valence-electron chi connectivity index (χ1n) is 5.78. The van der Waals surface area contributed by atoms with Gasteiger partial charge in [0, 0.05) is 11.6 Å². The van der Waals surface area contributed by atoms with Crippen LogP contribution in [0.1, 0.15) is 53.4 Å². The predicted octanol–water partition coefficient (Wildman–Crippen LogP) is 4.60. The number of halogens is 1. The zero-order valence-corrected chi connectivity index (χ0v) is 11.0. The molecule has 0 saturated carbocycles. The average Bonchev–Trinajstić information content (AvgIpc) is 2.00. The molecule has 90 valence electrons. The molecule has 0 aromatic rings. The normalized spacial score (nSPS) is 15.1. The smallest absolute Gasteiger partial charge is 0.404 e. The van der Waals surface area contributed by atoms with E-state index in [0.29, 0.717) is 0 Å². The quantitative estimate of drug-likeness (QED) is 0.602. The number of ether oxygens (including phenoxy) is 1. The molecule has 0 fully saturated rings. The summed E-state index contributed by atoms with van der Waals surface area (Å²) in [5.41, 5.74) is -0.697. The van der Waals surface area contributed by atoms with E-state index in [2.05, 4.69) is 20.8 Å². The minimum atomic E-state index is -0.697. The van der Waals surface area contributed by atoms with Crippen molar-refractivity contribution in [3.8, 4) is 0 Å². The van der Waals surface area contributed by atoms with Gasteiger partial charge in [-0.25, -0.2) is 4.79 Å². The Kier molecular flexibility index (Phi) is 7.85. The molecule has 0 aromatic heterocycles. The number of rotatable bonds is 7. The van der Waals surface area contributed by atoms with Crippen LogP contribution in [0.4, 0.5) is 4.79 Å². The zero-order valence-electron chi connectivity index (χ0n) is 10.3. The molecular weight excluding hydrogens is 212 g/mol. The summed E-state index contributed by atoms with van der Waals surface area (Å²) in [5, 5.41) is 0. The Labute approximate surface area is 98.3 Å². The molecule has 0 spiro atoms. The number of hydrogen-bond donors (Lipinski definition) is 0. The van der Waals surface area contributed by atoms with Crippen molar-refractivity contribution < 1.29 is 9.53 Å². The summed E-state index contributed by atoms with van der Waals surface area (Å²) < 4.78 is 4.84. The van der Waals surface area contributed by atoms with E-state index >= 15 is 0 Å². The molecule has 0 bridgehead atoms. The number of carbonyl (C=O) groups excluding carboxylic acids is 1. The van der Waals surface area contributed by atoms with Crippen LogP contribution in [0.15, 0.2) is 0 Å². The first-order valence-corrected chi connectivity index (χ1v) is 6.15. The van der Waals surface area contributed by atoms with Crippen molar-refractivity contribution in [1.29, 1.82) is 0 Å². The van der Waals surface area contributed by atoms with Crippen LogP contribution in [0, 0.1) is 11.8 Å². The maximum absolute atomic E-state index is 10.4. The van der Waals surface area contributed by atoms with Crippen LogP contribution >= 0.6 is 11.6 Å². The van der Waals surface area contributed by atoms with E-state index in [-0.39, 0.29) is 6.10 Å². The van der Waals surface area contributed by atoms with Crippen LogP contribution in [-0.2, 0) is 4.74 Å². The van der Waals surface area contributed by atoms with Crippen LogP contribution in [0.3, 0.4) is 0 Å². The summed E-state index contributed by atoms with van der Waals surface area (Å²) in [4.78, 5) is 10.4. The molecule has 3 heteroatoms. The number of hydrogen-bond acceptors (Lipinski definition) is 2. The fourth-order valence-electron chi connectivity index (χ4n) is 1.89. The minimum Gasteiger partial charge on any atom is -0.451 e. The Bertz CT molecular complexity index is 180. The molecule has 0 aliphatic carbocycles. The lowest BCUT2D eigenvalue weighted by atomic mass is 9.93. The van der Waals surface area contributed by atoms with Crippen molar-refractivity contribution in [1.82, 2.24) is 0 Å². The van der Waals surface area contributed by atoms with Gasteiger partial charge in [0.1, 0.15) is 6.10 Å². The third-order valence-electron chi connectivity index (χ3n) is 2.48. The fraction of sp³-hybridized carbons (Fsp3) is 0.917. The fourth-order valence-corrected chi connectivity index (χ4v) is 2.05. The van der Waals surface area contributed by atoms with Gasteiger partial charge < -0.3 is 4.74 Å². The molecule has 0 aliphatic rings. The lowest BCUT2D eigenvalue weighted by molar-refractivity contribution is 0.123. The molecule has 0 N–H and O–H groups in total. The van der Waals surface area contributed by atoms with Gasteiger partial charge in [0.2, 0.25) is 0 Å². The van der Waals surface area contributed by atoms with Crippen LogP contribution in [0.25, 0.3) is 0 Å². The van der Waals surface area contributed by atoms with Crippen LogP contribution in [0.5, 0.6) is 0 Å². The second kappa shape index (κ2) is 7.98. The van der Waals surface area contributed by atoms with Gasteiger partial charge in [0.05, 0.1) is 0 Å². The van der Waals surface area contributed by atoms with Gasteiger partial charge in [-0.3, -0.25) is 0 Å². The van der Waals surface area contributed by atoms with Gasteiger partial charge >= 0.3 is 5.43 Å². The molecule has 2 nitrogen and oxygen atoms in total. The van der Waals surface area contributed by atoms with Gasteiger partial charge in [0.15, 0.2) is 0 Å². The summed E-state index contributed by atoms with van der Waals surface area (Å²) in [6, 6.07) is 0. The third-order valence-corrected chi connectivity index (χ3v) is 2.56. The van der Waals surface area contributed by atoms with Crippen LogP contribution < -0.4 is 0 Å². The molecule has 15 heavy (non-hydrogen) atoms. The van der Waals surface area contributed by atoms with Crippen LogP contribution in [0.2, 0.25) is 0 Å². The van der Waals surface area contributed by atoms with Gasteiger partial charge in [-0.1, -0.05) is 27.2 Å². The highest BCUT2D eigenvalue weighted by atomic mass is 35.5. The van der Waals surface area contributed by atoms with Gasteiger partial charge in [-0.15, -0.1) is 0 Å².